The van der Waals surface area contributed by atoms with Crippen LogP contribution in [0.5, 0.6) is 11.5 Å². The number of imidazole rings is 1. The van der Waals surface area contributed by atoms with Crippen molar-refractivity contribution in [3.63, 3.8) is 0 Å². The smallest absolute Gasteiger partial charge is 0.340 e. The molecule has 0 bridgehead atoms. The molecule has 2 aromatic heterocycles. The third-order valence-electron chi connectivity index (χ3n) is 4.76. The number of aromatic amines is 1. The number of methoxy groups -OCH3 is 2. The number of benzene rings is 2. The van der Waals surface area contributed by atoms with Crippen molar-refractivity contribution in [2.45, 2.75) is 13.3 Å². The fourth-order valence-corrected chi connectivity index (χ4v) is 3.31. The maximum atomic E-state index is 12.6. The fourth-order valence-electron chi connectivity index (χ4n) is 3.31. The van der Waals surface area contributed by atoms with Gasteiger partial charge in [0.2, 0.25) is 11.9 Å². The zero-order valence-electron chi connectivity index (χ0n) is 16.2. The van der Waals surface area contributed by atoms with Gasteiger partial charge < -0.3 is 18.9 Å². The molecular weight excluding hydrogens is 374 g/mol. The van der Waals surface area contributed by atoms with Crippen molar-refractivity contribution in [3.8, 4) is 11.5 Å². The van der Waals surface area contributed by atoms with Crippen LogP contribution in [0.15, 0.2) is 45.6 Å². The summed E-state index contributed by atoms with van der Waals surface area (Å²) in [7, 11) is 3.04. The summed E-state index contributed by atoms with van der Waals surface area (Å²) >= 11 is 0. The monoisotopic (exact) mass is 393 g/mol. The molecule has 1 amide bonds. The number of H-pyrrole nitrogens is 1. The molecule has 0 aliphatic rings. The van der Waals surface area contributed by atoms with Gasteiger partial charge in [0.15, 0.2) is 0 Å². The van der Waals surface area contributed by atoms with Crippen molar-refractivity contribution in [2.75, 3.05) is 19.5 Å². The third kappa shape index (κ3) is 3.40. The predicted molar refractivity (Wildman–Crippen MR) is 109 cm³/mol. The number of hydrogen-bond donors (Lipinski definition) is 2. The molecule has 2 N–H and O–H groups in total. The summed E-state index contributed by atoms with van der Waals surface area (Å²) in [6, 6.07) is 10.8. The first-order chi connectivity index (χ1) is 14.0. The molecule has 0 aliphatic heterocycles. The average Bonchev–Trinajstić information content (AvgIpc) is 3.12. The van der Waals surface area contributed by atoms with Crippen molar-refractivity contribution in [2.24, 2.45) is 0 Å². The van der Waals surface area contributed by atoms with E-state index in [-0.39, 0.29) is 17.9 Å². The normalized spacial score (nSPS) is 11.0. The zero-order valence-corrected chi connectivity index (χ0v) is 16.2. The van der Waals surface area contributed by atoms with E-state index in [1.54, 1.807) is 19.1 Å². The van der Waals surface area contributed by atoms with Gasteiger partial charge in [-0.05, 0) is 24.6 Å². The second-order valence-electron chi connectivity index (χ2n) is 6.52. The topological polar surface area (TPSA) is 106 Å². The SMILES string of the molecule is COc1cc(OC)c2c(C)c(CC(=O)Nc3nc4ccccc4[nH]3)c(=O)oc2c1. The van der Waals surface area contributed by atoms with E-state index in [1.807, 2.05) is 24.3 Å². The number of amides is 1. The summed E-state index contributed by atoms with van der Waals surface area (Å²) < 4.78 is 16.1. The van der Waals surface area contributed by atoms with Crippen LogP contribution in [-0.4, -0.2) is 30.1 Å². The Bertz CT molecular complexity index is 1260. The van der Waals surface area contributed by atoms with Gasteiger partial charge in [-0.1, -0.05) is 12.1 Å². The second kappa shape index (κ2) is 7.31. The van der Waals surface area contributed by atoms with Gasteiger partial charge in [0.05, 0.1) is 42.6 Å². The maximum absolute atomic E-state index is 12.6. The molecule has 0 atom stereocenters. The molecule has 0 saturated heterocycles. The summed E-state index contributed by atoms with van der Waals surface area (Å²) in [4.78, 5) is 32.4. The highest BCUT2D eigenvalue weighted by Gasteiger charge is 2.19. The lowest BCUT2D eigenvalue weighted by molar-refractivity contribution is -0.115. The molecule has 29 heavy (non-hydrogen) atoms. The van der Waals surface area contributed by atoms with Crippen LogP contribution in [0, 0.1) is 6.92 Å². The molecule has 4 rings (SSSR count). The number of aromatic nitrogens is 2. The Balaban J connectivity index is 1.68. The van der Waals surface area contributed by atoms with Crippen LogP contribution in [-0.2, 0) is 11.2 Å². The number of hydrogen-bond acceptors (Lipinski definition) is 6. The van der Waals surface area contributed by atoms with E-state index in [0.29, 0.717) is 34.0 Å². The van der Waals surface area contributed by atoms with E-state index >= 15 is 0 Å². The van der Waals surface area contributed by atoms with Crippen LogP contribution in [0.4, 0.5) is 5.95 Å². The number of anilines is 1. The van der Waals surface area contributed by atoms with E-state index in [9.17, 15) is 9.59 Å². The number of rotatable bonds is 5. The minimum atomic E-state index is -0.579. The molecule has 0 spiro atoms. The van der Waals surface area contributed by atoms with Gasteiger partial charge >= 0.3 is 5.63 Å². The molecular formula is C21H19N3O5. The molecule has 0 radical (unpaired) electrons. The van der Waals surface area contributed by atoms with Crippen LogP contribution >= 0.6 is 0 Å². The Hall–Kier alpha value is -3.81. The van der Waals surface area contributed by atoms with Crippen LogP contribution in [0.3, 0.4) is 0 Å². The summed E-state index contributed by atoms with van der Waals surface area (Å²) in [5, 5.41) is 3.32. The van der Waals surface area contributed by atoms with Gasteiger partial charge in [-0.25, -0.2) is 9.78 Å². The first kappa shape index (κ1) is 18.5. The number of para-hydroxylation sites is 2. The van der Waals surface area contributed by atoms with E-state index in [4.69, 9.17) is 13.9 Å². The van der Waals surface area contributed by atoms with Crippen LogP contribution in [0.25, 0.3) is 22.0 Å². The average molecular weight is 393 g/mol. The van der Waals surface area contributed by atoms with Crippen molar-refractivity contribution in [1.29, 1.82) is 0 Å². The molecule has 0 fully saturated rings. The summed E-state index contributed by atoms with van der Waals surface area (Å²) in [5.41, 5.74) is 2.19. The second-order valence-corrected chi connectivity index (χ2v) is 6.52. The van der Waals surface area contributed by atoms with E-state index in [0.717, 1.165) is 11.0 Å². The number of nitrogens with one attached hydrogen (secondary N) is 2. The molecule has 8 nitrogen and oxygen atoms in total. The lowest BCUT2D eigenvalue weighted by atomic mass is 10.0. The summed E-state index contributed by atoms with van der Waals surface area (Å²) in [5.74, 6) is 0.944. The minimum Gasteiger partial charge on any atom is -0.496 e. The maximum Gasteiger partial charge on any atom is 0.340 e. The number of nitrogens with zero attached hydrogens (tertiary/aromatic N) is 1. The van der Waals surface area contributed by atoms with Crippen molar-refractivity contribution < 1.29 is 18.7 Å². The quantitative estimate of drug-likeness (QED) is 0.505. The summed E-state index contributed by atoms with van der Waals surface area (Å²) in [6.45, 7) is 1.76. The first-order valence-electron chi connectivity index (χ1n) is 8.93. The predicted octanol–water partition coefficient (Wildman–Crippen LogP) is 3.18. The largest absolute Gasteiger partial charge is 0.496 e. The molecule has 0 unspecified atom stereocenters. The van der Waals surface area contributed by atoms with Gasteiger partial charge in [-0.3, -0.25) is 10.1 Å². The zero-order chi connectivity index (χ0) is 20.5. The van der Waals surface area contributed by atoms with Crippen molar-refractivity contribution >= 4 is 33.9 Å². The van der Waals surface area contributed by atoms with Crippen molar-refractivity contribution in [3.05, 3.63) is 57.9 Å². The standard InChI is InChI=1S/C21H19N3O5/c1-11-13(10-18(25)24-21-22-14-6-4-5-7-15(14)23-21)20(26)29-17-9-12(27-2)8-16(28-3)19(11)17/h4-9H,10H2,1-3H3,(H2,22,23,24,25). The first-order valence-corrected chi connectivity index (χ1v) is 8.93. The third-order valence-corrected chi connectivity index (χ3v) is 4.76. The van der Waals surface area contributed by atoms with Gasteiger partial charge in [0.1, 0.15) is 17.1 Å². The summed E-state index contributed by atoms with van der Waals surface area (Å²) in [6.07, 6.45) is -0.156. The van der Waals surface area contributed by atoms with E-state index in [2.05, 4.69) is 15.3 Å². The van der Waals surface area contributed by atoms with Crippen LogP contribution in [0.2, 0.25) is 0 Å². The Labute approximate surface area is 165 Å². The minimum absolute atomic E-state index is 0.156. The molecule has 4 aromatic rings. The molecule has 2 heterocycles. The Morgan fingerprint density at radius 2 is 2.00 bits per heavy atom. The highest BCUT2D eigenvalue weighted by Crippen LogP contribution is 2.33. The lowest BCUT2D eigenvalue weighted by Crippen LogP contribution is -2.21. The van der Waals surface area contributed by atoms with Gasteiger partial charge in [0.25, 0.3) is 0 Å². The van der Waals surface area contributed by atoms with Gasteiger partial charge in [0, 0.05) is 12.1 Å². The number of carbonyl (C=O) groups excluding carboxylic acids is 1. The van der Waals surface area contributed by atoms with Gasteiger partial charge in [-0.2, -0.15) is 0 Å². The Morgan fingerprint density at radius 3 is 2.72 bits per heavy atom. The highest BCUT2D eigenvalue weighted by atomic mass is 16.5. The van der Waals surface area contributed by atoms with E-state index < -0.39 is 5.63 Å². The fraction of sp³-hybridized carbons (Fsp3) is 0.190. The van der Waals surface area contributed by atoms with Gasteiger partial charge in [-0.15, -0.1) is 0 Å². The Kier molecular flexibility index (Phi) is 4.67. The van der Waals surface area contributed by atoms with E-state index in [1.165, 1.54) is 14.2 Å². The molecule has 2 aromatic carbocycles. The number of carbonyl (C=O) groups is 1. The molecule has 148 valence electrons. The number of ether oxygens (including phenoxy) is 2. The molecule has 0 saturated carbocycles. The lowest BCUT2D eigenvalue weighted by Gasteiger charge is -2.12. The Morgan fingerprint density at radius 1 is 1.21 bits per heavy atom. The number of fused-ring (bicyclic) bond motifs is 2. The number of aryl methyl sites for hydroxylation is 1. The molecule has 0 aliphatic carbocycles. The van der Waals surface area contributed by atoms with Crippen LogP contribution < -0.4 is 20.4 Å². The van der Waals surface area contributed by atoms with Crippen LogP contribution in [0.1, 0.15) is 11.1 Å². The van der Waals surface area contributed by atoms with Crippen molar-refractivity contribution in [1.82, 2.24) is 9.97 Å². The molecule has 8 heteroatoms. The highest BCUT2D eigenvalue weighted by molar-refractivity contribution is 5.94.